The minimum absolute atomic E-state index is 0.0523. The zero-order valence-electron chi connectivity index (χ0n) is 24.6. The summed E-state index contributed by atoms with van der Waals surface area (Å²) in [4.78, 5) is 37.8. The molecule has 2 aromatic carbocycles. The number of rotatable bonds is 10. The number of carbonyl (C=O) groups is 2. The van der Waals surface area contributed by atoms with Crippen LogP contribution in [0.25, 0.3) is 0 Å². The molecule has 0 radical (unpaired) electrons. The van der Waals surface area contributed by atoms with Gasteiger partial charge < -0.3 is 25.2 Å². The third kappa shape index (κ3) is 7.69. The summed E-state index contributed by atoms with van der Waals surface area (Å²) in [5.41, 5.74) is 2.77. The number of nitriles is 1. The Labute approximate surface area is 251 Å². The van der Waals surface area contributed by atoms with Gasteiger partial charge in [0.2, 0.25) is 5.96 Å². The third-order valence-electron chi connectivity index (χ3n) is 7.70. The van der Waals surface area contributed by atoms with Crippen LogP contribution in [0.5, 0.6) is 5.75 Å². The number of anilines is 2. The highest BCUT2D eigenvalue weighted by atomic mass is 16.5. The molecule has 2 aromatic rings. The van der Waals surface area contributed by atoms with Crippen LogP contribution in [0.4, 0.5) is 11.4 Å². The smallest absolute Gasteiger partial charge is 0.334 e. The lowest BCUT2D eigenvalue weighted by Gasteiger charge is -2.36. The first-order valence-electron chi connectivity index (χ1n) is 14.1. The molecule has 2 unspecified atom stereocenters. The van der Waals surface area contributed by atoms with E-state index < -0.39 is 23.8 Å². The molecule has 226 valence electrons. The monoisotopic (exact) mass is 587 g/mol. The quantitative estimate of drug-likeness (QED) is 0.107. The summed E-state index contributed by atoms with van der Waals surface area (Å²) in [5.74, 6) is -3.30. The lowest BCUT2D eigenvalue weighted by Crippen LogP contribution is -2.46. The maximum atomic E-state index is 12.1. The third-order valence-corrected chi connectivity index (χ3v) is 7.70. The number of nitrogens with one attached hydrogen (secondary N) is 2. The van der Waals surface area contributed by atoms with Crippen molar-refractivity contribution < 1.29 is 24.5 Å². The summed E-state index contributed by atoms with van der Waals surface area (Å²) in [5, 5.41) is 34.8. The molecular formula is C31H37N7O5. The van der Waals surface area contributed by atoms with Crippen molar-refractivity contribution in [2.24, 2.45) is 15.9 Å². The first kappa shape index (κ1) is 31.1. The van der Waals surface area contributed by atoms with Crippen LogP contribution in [0.2, 0.25) is 0 Å². The Kier molecular flexibility index (Phi) is 10.3. The molecule has 0 bridgehead atoms. The highest BCUT2D eigenvalue weighted by molar-refractivity contribution is 6.06. The van der Waals surface area contributed by atoms with Crippen LogP contribution < -0.4 is 20.3 Å². The van der Waals surface area contributed by atoms with Crippen molar-refractivity contribution in [3.63, 3.8) is 0 Å². The van der Waals surface area contributed by atoms with E-state index in [-0.39, 0.29) is 17.2 Å². The van der Waals surface area contributed by atoms with Crippen LogP contribution in [0.3, 0.4) is 0 Å². The van der Waals surface area contributed by atoms with Gasteiger partial charge in [-0.25, -0.2) is 4.79 Å². The van der Waals surface area contributed by atoms with Crippen molar-refractivity contribution in [2.75, 3.05) is 56.6 Å². The van der Waals surface area contributed by atoms with Gasteiger partial charge in [0.1, 0.15) is 11.7 Å². The summed E-state index contributed by atoms with van der Waals surface area (Å²) in [7, 11) is 1.67. The Morgan fingerprint density at radius 2 is 1.86 bits per heavy atom. The minimum Gasteiger partial charge on any atom is -0.497 e. The molecule has 12 heteroatoms. The Morgan fingerprint density at radius 3 is 2.53 bits per heavy atom. The van der Waals surface area contributed by atoms with E-state index in [0.29, 0.717) is 23.5 Å². The number of piperazine rings is 1. The number of benzene rings is 2. The van der Waals surface area contributed by atoms with Gasteiger partial charge in [0.25, 0.3) is 0 Å². The number of allylic oxidation sites excluding steroid dienone is 1. The Morgan fingerprint density at radius 1 is 1.12 bits per heavy atom. The normalized spacial score (nSPS) is 19.3. The first-order chi connectivity index (χ1) is 20.7. The molecule has 1 saturated heterocycles. The topological polar surface area (TPSA) is 163 Å². The van der Waals surface area contributed by atoms with Gasteiger partial charge in [-0.05, 0) is 50.1 Å². The summed E-state index contributed by atoms with van der Waals surface area (Å²) in [6, 6.07) is 14.9. The lowest BCUT2D eigenvalue weighted by molar-refractivity contribution is -0.140. The number of carboxylic acids is 2. The van der Waals surface area contributed by atoms with Crippen molar-refractivity contribution in [1.82, 2.24) is 10.2 Å². The van der Waals surface area contributed by atoms with E-state index in [1.807, 2.05) is 18.3 Å². The second-order valence-electron chi connectivity index (χ2n) is 10.5. The van der Waals surface area contributed by atoms with Crippen molar-refractivity contribution in [1.29, 1.82) is 5.26 Å². The van der Waals surface area contributed by atoms with Crippen molar-refractivity contribution in [3.05, 3.63) is 65.4 Å². The van der Waals surface area contributed by atoms with Gasteiger partial charge in [0.05, 0.1) is 12.7 Å². The Hall–Kier alpha value is -4.89. The van der Waals surface area contributed by atoms with E-state index in [4.69, 9.17) is 4.74 Å². The fourth-order valence-corrected chi connectivity index (χ4v) is 5.63. The number of guanidine groups is 1. The molecule has 0 saturated carbocycles. The van der Waals surface area contributed by atoms with Gasteiger partial charge in [-0.2, -0.15) is 5.26 Å². The Bertz CT molecular complexity index is 1470. The van der Waals surface area contributed by atoms with Gasteiger partial charge in [-0.15, -0.1) is 0 Å². The number of ether oxygens (including phenoxy) is 1. The molecule has 2 atom stereocenters. The molecule has 2 heterocycles. The second-order valence-corrected chi connectivity index (χ2v) is 10.5. The molecule has 43 heavy (non-hydrogen) atoms. The fourth-order valence-electron chi connectivity index (χ4n) is 5.63. The van der Waals surface area contributed by atoms with E-state index in [0.717, 1.165) is 50.6 Å². The molecule has 0 aromatic heterocycles. The number of carboxylic acid groups (broad SMARTS) is 2. The second kappa shape index (κ2) is 14.3. The first-order valence-corrected chi connectivity index (χ1v) is 14.1. The number of aliphatic carboxylic acids is 2. The molecule has 1 fully saturated rings. The highest BCUT2D eigenvalue weighted by Gasteiger charge is 2.41. The van der Waals surface area contributed by atoms with E-state index in [1.54, 1.807) is 45.2 Å². The number of aliphatic imine (C=N–C) groups is 2. The fraction of sp³-hybridized carbons (Fsp3) is 0.387. The molecule has 0 amide bonds. The number of hydrogen-bond acceptors (Lipinski definition) is 8. The molecule has 0 spiro atoms. The van der Waals surface area contributed by atoms with Crippen molar-refractivity contribution >= 4 is 35.0 Å². The van der Waals surface area contributed by atoms with E-state index in [9.17, 15) is 25.1 Å². The predicted octanol–water partition coefficient (Wildman–Crippen LogP) is 3.36. The zero-order valence-corrected chi connectivity index (χ0v) is 24.6. The molecule has 2 aliphatic heterocycles. The molecule has 12 nitrogen and oxygen atoms in total. The average Bonchev–Trinajstić information content (AvgIpc) is 2.99. The van der Waals surface area contributed by atoms with Crippen LogP contribution in [0, 0.1) is 17.4 Å². The van der Waals surface area contributed by atoms with E-state index in [1.165, 1.54) is 0 Å². The lowest BCUT2D eigenvalue weighted by atomic mass is 9.75. The molecule has 0 aliphatic carbocycles. The highest BCUT2D eigenvalue weighted by Crippen LogP contribution is 2.39. The van der Waals surface area contributed by atoms with Gasteiger partial charge in [-0.1, -0.05) is 18.2 Å². The maximum Gasteiger partial charge on any atom is 0.334 e. The number of nitrogens with zero attached hydrogens (tertiary/aromatic N) is 5. The predicted molar refractivity (Wildman–Crippen MR) is 165 cm³/mol. The largest absolute Gasteiger partial charge is 0.497 e. The van der Waals surface area contributed by atoms with Crippen molar-refractivity contribution in [3.8, 4) is 11.9 Å². The zero-order chi connectivity index (χ0) is 30.9. The van der Waals surface area contributed by atoms with Crippen LogP contribution in [-0.2, 0) is 9.59 Å². The van der Waals surface area contributed by atoms with Crippen molar-refractivity contribution in [2.45, 2.75) is 26.2 Å². The standard InChI is InChI=1S/C31H37N7O5/c1-20-26(29(39)40)28(27(30(41)42)21(2)35-20)22-7-4-8-23(17-22)36-31(34-19-32)33-11-6-12-37-13-15-38(16-14-37)24-9-5-10-25(18-24)43-3/h4-5,7-10,17-18,26,28H,6,11-16H2,1-3H3,(H,39,40)(H,41,42)(H2,33,34,36). The molecule has 4 rings (SSSR count). The SMILES string of the molecule is COc1cccc(N2CCN(CCCN=C(NC#N)Nc3cccc(C4C(C(=O)O)=C(C)N=C(C)C4C(=O)O)c3)CC2)c1. The van der Waals surface area contributed by atoms with Gasteiger partial charge in [-0.3, -0.25) is 25.0 Å². The maximum absolute atomic E-state index is 12.1. The number of hydrogen-bond donors (Lipinski definition) is 4. The summed E-state index contributed by atoms with van der Waals surface area (Å²) in [6.45, 7) is 8.23. The average molecular weight is 588 g/mol. The summed E-state index contributed by atoms with van der Waals surface area (Å²) < 4.78 is 5.34. The number of methoxy groups -OCH3 is 1. The van der Waals surface area contributed by atoms with Crippen LogP contribution in [0.15, 0.2) is 69.8 Å². The van der Waals surface area contributed by atoms with Crippen LogP contribution in [0.1, 0.15) is 31.7 Å². The van der Waals surface area contributed by atoms with Gasteiger partial charge in [0, 0.05) is 74.0 Å². The van der Waals surface area contributed by atoms with Gasteiger partial charge in [0.15, 0.2) is 6.19 Å². The van der Waals surface area contributed by atoms with E-state index >= 15 is 0 Å². The minimum atomic E-state index is -1.21. The van der Waals surface area contributed by atoms with Crippen LogP contribution in [-0.4, -0.2) is 85.1 Å². The summed E-state index contributed by atoms with van der Waals surface area (Å²) in [6.07, 6.45) is 2.69. The molecule has 4 N–H and O–H groups in total. The summed E-state index contributed by atoms with van der Waals surface area (Å²) >= 11 is 0. The van der Waals surface area contributed by atoms with Gasteiger partial charge >= 0.3 is 11.9 Å². The molecular weight excluding hydrogens is 550 g/mol. The van der Waals surface area contributed by atoms with E-state index in [2.05, 4.69) is 42.6 Å². The van der Waals surface area contributed by atoms with Crippen LogP contribution >= 0.6 is 0 Å². The Balaban J connectivity index is 1.37. The molecule has 2 aliphatic rings.